The van der Waals surface area contributed by atoms with Gasteiger partial charge in [0.2, 0.25) is 5.28 Å². The van der Waals surface area contributed by atoms with E-state index < -0.39 is 0 Å². The molecule has 1 N–H and O–H groups in total. The Morgan fingerprint density at radius 2 is 1.79 bits per heavy atom. The van der Waals surface area contributed by atoms with Crippen molar-refractivity contribution in [2.75, 3.05) is 5.32 Å². The van der Waals surface area contributed by atoms with Crippen LogP contribution >= 0.6 is 11.6 Å². The van der Waals surface area contributed by atoms with Gasteiger partial charge in [-0.1, -0.05) is 30.3 Å². The molecule has 96 valence electrons. The molecular formula is C15H14ClN3. The Bertz CT molecular complexity index is 753. The molecule has 0 fully saturated rings. The van der Waals surface area contributed by atoms with Crippen LogP contribution in [0.15, 0.2) is 36.4 Å². The molecule has 0 atom stereocenters. The van der Waals surface area contributed by atoms with Crippen molar-refractivity contribution >= 4 is 39.1 Å². The van der Waals surface area contributed by atoms with Gasteiger partial charge in [-0.3, -0.25) is 0 Å². The van der Waals surface area contributed by atoms with E-state index in [0.717, 1.165) is 27.5 Å². The molecule has 0 bridgehead atoms. The van der Waals surface area contributed by atoms with Crippen LogP contribution in [0.4, 0.5) is 5.82 Å². The zero-order valence-electron chi connectivity index (χ0n) is 10.8. The predicted molar refractivity (Wildman–Crippen MR) is 80.8 cm³/mol. The van der Waals surface area contributed by atoms with E-state index in [1.54, 1.807) is 0 Å². The fourth-order valence-electron chi connectivity index (χ4n) is 2.22. The fraction of sp³-hybridized carbons (Fsp3) is 0.200. The molecule has 0 spiro atoms. The van der Waals surface area contributed by atoms with Crippen molar-refractivity contribution in [3.63, 3.8) is 0 Å². The number of fused-ring (bicyclic) bond motifs is 3. The van der Waals surface area contributed by atoms with Crippen LogP contribution in [0.1, 0.15) is 13.8 Å². The zero-order valence-corrected chi connectivity index (χ0v) is 11.6. The van der Waals surface area contributed by atoms with E-state index in [0.29, 0.717) is 6.04 Å². The van der Waals surface area contributed by atoms with E-state index in [-0.39, 0.29) is 5.28 Å². The highest BCUT2D eigenvalue weighted by molar-refractivity contribution is 6.29. The predicted octanol–water partition coefficient (Wildman–Crippen LogP) is 4.26. The number of hydrogen-bond acceptors (Lipinski definition) is 3. The summed E-state index contributed by atoms with van der Waals surface area (Å²) in [4.78, 5) is 8.68. The standard InChI is InChI=1S/C15H14ClN3/c1-9(2)17-14-12-8-7-10-5-3-4-6-11(10)13(12)18-15(16)19-14/h3-9H,1-2H3,(H,17,18,19). The molecule has 0 aliphatic rings. The summed E-state index contributed by atoms with van der Waals surface area (Å²) in [5.41, 5.74) is 0.890. The van der Waals surface area contributed by atoms with Crippen LogP contribution in [0.25, 0.3) is 21.7 Å². The number of benzene rings is 2. The summed E-state index contributed by atoms with van der Waals surface area (Å²) in [6.07, 6.45) is 0. The van der Waals surface area contributed by atoms with E-state index in [2.05, 4.69) is 47.3 Å². The third-order valence-corrected chi connectivity index (χ3v) is 3.16. The van der Waals surface area contributed by atoms with Gasteiger partial charge in [0.25, 0.3) is 0 Å². The molecule has 19 heavy (non-hydrogen) atoms. The minimum absolute atomic E-state index is 0.270. The first kappa shape index (κ1) is 12.2. The lowest BCUT2D eigenvalue weighted by atomic mass is 10.1. The maximum atomic E-state index is 6.05. The van der Waals surface area contributed by atoms with Crippen LogP contribution in [-0.4, -0.2) is 16.0 Å². The van der Waals surface area contributed by atoms with Crippen LogP contribution in [-0.2, 0) is 0 Å². The molecule has 0 amide bonds. The number of halogens is 1. The fourth-order valence-corrected chi connectivity index (χ4v) is 2.39. The van der Waals surface area contributed by atoms with Gasteiger partial charge in [-0.25, -0.2) is 9.97 Å². The smallest absolute Gasteiger partial charge is 0.224 e. The van der Waals surface area contributed by atoms with Gasteiger partial charge in [-0.15, -0.1) is 0 Å². The average molecular weight is 272 g/mol. The molecule has 0 unspecified atom stereocenters. The van der Waals surface area contributed by atoms with Crippen molar-refractivity contribution in [3.8, 4) is 0 Å². The van der Waals surface area contributed by atoms with E-state index in [9.17, 15) is 0 Å². The second kappa shape index (κ2) is 4.67. The Morgan fingerprint density at radius 1 is 1.00 bits per heavy atom. The van der Waals surface area contributed by atoms with Crippen LogP contribution in [0.5, 0.6) is 0 Å². The minimum Gasteiger partial charge on any atom is -0.367 e. The van der Waals surface area contributed by atoms with Gasteiger partial charge in [0.05, 0.1) is 5.52 Å². The van der Waals surface area contributed by atoms with Crippen molar-refractivity contribution in [2.45, 2.75) is 19.9 Å². The van der Waals surface area contributed by atoms with Crippen LogP contribution in [0.3, 0.4) is 0 Å². The summed E-state index contributed by atoms with van der Waals surface area (Å²) in [5, 5.41) is 6.83. The maximum Gasteiger partial charge on any atom is 0.224 e. The average Bonchev–Trinajstić information content (AvgIpc) is 2.37. The highest BCUT2D eigenvalue weighted by Gasteiger charge is 2.10. The number of nitrogens with zero attached hydrogens (tertiary/aromatic N) is 2. The lowest BCUT2D eigenvalue weighted by Gasteiger charge is -2.12. The number of aromatic nitrogens is 2. The van der Waals surface area contributed by atoms with Gasteiger partial charge in [-0.05, 0) is 36.9 Å². The van der Waals surface area contributed by atoms with Gasteiger partial charge >= 0.3 is 0 Å². The van der Waals surface area contributed by atoms with Crippen molar-refractivity contribution in [3.05, 3.63) is 41.7 Å². The first-order chi connectivity index (χ1) is 9.15. The van der Waals surface area contributed by atoms with Crippen molar-refractivity contribution in [2.24, 2.45) is 0 Å². The molecule has 4 heteroatoms. The van der Waals surface area contributed by atoms with Gasteiger partial charge in [0.15, 0.2) is 0 Å². The lowest BCUT2D eigenvalue weighted by molar-refractivity contribution is 0.890. The first-order valence-corrected chi connectivity index (χ1v) is 6.64. The topological polar surface area (TPSA) is 37.8 Å². The highest BCUT2D eigenvalue weighted by Crippen LogP contribution is 2.29. The minimum atomic E-state index is 0.270. The molecule has 1 aromatic heterocycles. The summed E-state index contributed by atoms with van der Waals surface area (Å²) in [6.45, 7) is 4.14. The van der Waals surface area contributed by atoms with E-state index in [4.69, 9.17) is 11.6 Å². The van der Waals surface area contributed by atoms with Crippen molar-refractivity contribution in [1.82, 2.24) is 9.97 Å². The maximum absolute atomic E-state index is 6.05. The highest BCUT2D eigenvalue weighted by atomic mass is 35.5. The Morgan fingerprint density at radius 3 is 2.58 bits per heavy atom. The number of hydrogen-bond donors (Lipinski definition) is 1. The first-order valence-electron chi connectivity index (χ1n) is 6.26. The summed E-state index contributed by atoms with van der Waals surface area (Å²) < 4.78 is 0. The molecule has 3 nitrogen and oxygen atoms in total. The second-order valence-corrected chi connectivity index (χ2v) is 5.16. The normalized spacial score (nSPS) is 11.4. The molecule has 3 aromatic rings. The summed E-state index contributed by atoms with van der Waals surface area (Å²) in [7, 11) is 0. The van der Waals surface area contributed by atoms with Crippen molar-refractivity contribution < 1.29 is 0 Å². The SMILES string of the molecule is CC(C)Nc1nc(Cl)nc2c1ccc1ccccc12. The summed E-state index contributed by atoms with van der Waals surface area (Å²) in [5.74, 6) is 0.788. The molecular weight excluding hydrogens is 258 g/mol. The Kier molecular flexibility index (Phi) is 2.99. The molecule has 0 aliphatic heterocycles. The number of rotatable bonds is 2. The van der Waals surface area contributed by atoms with E-state index >= 15 is 0 Å². The van der Waals surface area contributed by atoms with Gasteiger partial charge in [0.1, 0.15) is 5.82 Å². The van der Waals surface area contributed by atoms with Gasteiger partial charge in [-0.2, -0.15) is 0 Å². The third-order valence-electron chi connectivity index (χ3n) is 2.99. The zero-order chi connectivity index (χ0) is 13.4. The van der Waals surface area contributed by atoms with E-state index in [1.165, 1.54) is 0 Å². The number of nitrogens with one attached hydrogen (secondary N) is 1. The third kappa shape index (κ3) is 2.22. The quantitative estimate of drug-likeness (QED) is 0.559. The molecule has 3 rings (SSSR count). The molecule has 2 aromatic carbocycles. The molecule has 0 radical (unpaired) electrons. The van der Waals surface area contributed by atoms with E-state index in [1.807, 2.05) is 18.2 Å². The summed E-state index contributed by atoms with van der Waals surface area (Å²) in [6, 6.07) is 12.6. The van der Waals surface area contributed by atoms with Gasteiger partial charge < -0.3 is 5.32 Å². The second-order valence-electron chi connectivity index (χ2n) is 4.82. The van der Waals surface area contributed by atoms with Gasteiger partial charge in [0, 0.05) is 16.8 Å². The molecule has 0 aliphatic carbocycles. The van der Waals surface area contributed by atoms with Crippen LogP contribution in [0.2, 0.25) is 5.28 Å². The Labute approximate surface area is 116 Å². The molecule has 0 saturated heterocycles. The van der Waals surface area contributed by atoms with Crippen LogP contribution in [0, 0.1) is 0 Å². The Balaban J connectivity index is 2.37. The monoisotopic (exact) mass is 271 g/mol. The molecule has 0 saturated carbocycles. The largest absolute Gasteiger partial charge is 0.367 e. The summed E-state index contributed by atoms with van der Waals surface area (Å²) >= 11 is 6.05. The Hall–Kier alpha value is -1.87. The lowest BCUT2D eigenvalue weighted by Crippen LogP contribution is -2.11. The molecule has 1 heterocycles. The van der Waals surface area contributed by atoms with Crippen molar-refractivity contribution in [1.29, 1.82) is 0 Å². The van der Waals surface area contributed by atoms with Crippen LogP contribution < -0.4 is 5.32 Å². The number of anilines is 1.